The van der Waals surface area contributed by atoms with E-state index in [4.69, 9.17) is 10.2 Å². The number of aromatic nitrogens is 1. The Balaban J connectivity index is 2.70. The summed E-state index contributed by atoms with van der Waals surface area (Å²) >= 11 is 0. The van der Waals surface area contributed by atoms with E-state index < -0.39 is 5.91 Å². The predicted molar refractivity (Wildman–Crippen MR) is 51.9 cm³/mol. The highest BCUT2D eigenvalue weighted by Crippen LogP contribution is 2.19. The van der Waals surface area contributed by atoms with Gasteiger partial charge in [-0.15, -0.1) is 0 Å². The Bertz CT molecular complexity index is 488. The van der Waals surface area contributed by atoms with Gasteiger partial charge in [0.1, 0.15) is 5.52 Å². The number of aryl methyl sites for hydroxylation is 1. The second-order valence-electron chi connectivity index (χ2n) is 3.00. The van der Waals surface area contributed by atoms with Gasteiger partial charge in [0, 0.05) is 0 Å². The summed E-state index contributed by atoms with van der Waals surface area (Å²) in [7, 11) is 0. The Kier molecular flexibility index (Phi) is 1.96. The molecule has 2 rings (SSSR count). The summed E-state index contributed by atoms with van der Waals surface area (Å²) in [4.78, 5) is 14.8. The van der Waals surface area contributed by atoms with Crippen molar-refractivity contribution in [2.75, 3.05) is 0 Å². The molecule has 14 heavy (non-hydrogen) atoms. The average molecular weight is 190 g/mol. The molecule has 0 unspecified atom stereocenters. The maximum absolute atomic E-state index is 10.8. The summed E-state index contributed by atoms with van der Waals surface area (Å²) < 4.78 is 5.27. The van der Waals surface area contributed by atoms with Crippen molar-refractivity contribution in [1.82, 2.24) is 4.98 Å². The van der Waals surface area contributed by atoms with E-state index in [2.05, 4.69) is 4.98 Å². The lowest BCUT2D eigenvalue weighted by Gasteiger charge is -1.94. The number of carbonyl (C=O) groups excluding carboxylic acids is 1. The van der Waals surface area contributed by atoms with Gasteiger partial charge >= 0.3 is 5.91 Å². The molecule has 1 amide bonds. The second-order valence-corrected chi connectivity index (χ2v) is 3.00. The van der Waals surface area contributed by atoms with Crippen LogP contribution in [0.3, 0.4) is 0 Å². The van der Waals surface area contributed by atoms with Crippen LogP contribution in [0.4, 0.5) is 0 Å². The number of hydrogen-bond donors (Lipinski definition) is 1. The van der Waals surface area contributed by atoms with Crippen LogP contribution < -0.4 is 5.73 Å². The molecule has 0 saturated carbocycles. The maximum atomic E-state index is 10.8. The van der Waals surface area contributed by atoms with E-state index in [1.54, 1.807) is 6.07 Å². The normalized spacial score (nSPS) is 10.6. The molecule has 0 radical (unpaired) electrons. The topological polar surface area (TPSA) is 69.1 Å². The summed E-state index contributed by atoms with van der Waals surface area (Å²) in [6.07, 6.45) is 0.838. The number of benzene rings is 1. The minimum absolute atomic E-state index is 0.0269. The van der Waals surface area contributed by atoms with E-state index in [1.807, 2.05) is 19.1 Å². The van der Waals surface area contributed by atoms with Crippen LogP contribution in [0.5, 0.6) is 0 Å². The average Bonchev–Trinajstić information content (AvgIpc) is 2.60. The Morgan fingerprint density at radius 3 is 3.00 bits per heavy atom. The Morgan fingerprint density at radius 1 is 1.57 bits per heavy atom. The van der Waals surface area contributed by atoms with Crippen LogP contribution in [-0.4, -0.2) is 10.9 Å². The molecule has 1 aromatic carbocycles. The first-order valence-corrected chi connectivity index (χ1v) is 4.40. The predicted octanol–water partition coefficient (Wildman–Crippen LogP) is 1.49. The number of oxazole rings is 1. The van der Waals surface area contributed by atoms with Gasteiger partial charge in [0.05, 0.1) is 0 Å². The van der Waals surface area contributed by atoms with E-state index in [9.17, 15) is 4.79 Å². The molecule has 0 aliphatic rings. The number of primary amides is 1. The number of rotatable bonds is 2. The van der Waals surface area contributed by atoms with E-state index in [1.165, 1.54) is 0 Å². The first-order chi connectivity index (χ1) is 6.72. The van der Waals surface area contributed by atoms with E-state index in [0.717, 1.165) is 12.0 Å². The van der Waals surface area contributed by atoms with Gasteiger partial charge in [-0.1, -0.05) is 19.1 Å². The smallest absolute Gasteiger partial charge is 0.304 e. The lowest BCUT2D eigenvalue weighted by molar-refractivity contribution is 0.0969. The molecule has 4 nitrogen and oxygen atoms in total. The fourth-order valence-corrected chi connectivity index (χ4v) is 1.39. The lowest BCUT2D eigenvalue weighted by atomic mass is 10.1. The van der Waals surface area contributed by atoms with Crippen molar-refractivity contribution in [3.63, 3.8) is 0 Å². The zero-order valence-corrected chi connectivity index (χ0v) is 7.78. The molecular formula is C10H10N2O2. The standard InChI is InChI=1S/C10H10N2O2/c1-2-6-4-3-5-7-8(6)14-10(12-7)9(11)13/h3-5H,2H2,1H3,(H2,11,13). The van der Waals surface area contributed by atoms with E-state index in [0.29, 0.717) is 11.1 Å². The minimum atomic E-state index is -0.636. The molecule has 4 heteroatoms. The summed E-state index contributed by atoms with van der Waals surface area (Å²) in [6.45, 7) is 2.02. The van der Waals surface area contributed by atoms with Crippen LogP contribution >= 0.6 is 0 Å². The van der Waals surface area contributed by atoms with Crippen molar-refractivity contribution in [2.45, 2.75) is 13.3 Å². The third-order valence-electron chi connectivity index (χ3n) is 2.09. The molecule has 72 valence electrons. The SMILES string of the molecule is CCc1cccc2nc(C(N)=O)oc12. The van der Waals surface area contributed by atoms with Crippen LogP contribution in [0, 0.1) is 0 Å². The Hall–Kier alpha value is -1.84. The van der Waals surface area contributed by atoms with Crippen molar-refractivity contribution in [3.05, 3.63) is 29.7 Å². The highest BCUT2D eigenvalue weighted by molar-refractivity contribution is 5.91. The van der Waals surface area contributed by atoms with Crippen molar-refractivity contribution in [2.24, 2.45) is 5.73 Å². The zero-order chi connectivity index (χ0) is 10.1. The molecule has 0 aliphatic carbocycles. The van der Waals surface area contributed by atoms with Crippen molar-refractivity contribution < 1.29 is 9.21 Å². The molecule has 0 fully saturated rings. The monoisotopic (exact) mass is 190 g/mol. The van der Waals surface area contributed by atoms with Crippen LogP contribution in [0.25, 0.3) is 11.1 Å². The van der Waals surface area contributed by atoms with Crippen molar-refractivity contribution in [1.29, 1.82) is 0 Å². The van der Waals surface area contributed by atoms with Crippen molar-refractivity contribution >= 4 is 17.0 Å². The molecule has 0 atom stereocenters. The third-order valence-corrected chi connectivity index (χ3v) is 2.09. The first kappa shape index (κ1) is 8.74. The van der Waals surface area contributed by atoms with Gasteiger partial charge in [-0.25, -0.2) is 4.98 Å². The van der Waals surface area contributed by atoms with Crippen LogP contribution in [-0.2, 0) is 6.42 Å². The molecule has 2 aromatic rings. The fraction of sp³-hybridized carbons (Fsp3) is 0.200. The second kappa shape index (κ2) is 3.14. The summed E-state index contributed by atoms with van der Waals surface area (Å²) in [6, 6.07) is 5.62. The molecular weight excluding hydrogens is 180 g/mol. The molecule has 0 saturated heterocycles. The zero-order valence-electron chi connectivity index (χ0n) is 7.78. The van der Waals surface area contributed by atoms with E-state index in [-0.39, 0.29) is 5.89 Å². The fourth-order valence-electron chi connectivity index (χ4n) is 1.39. The third kappa shape index (κ3) is 1.25. The highest BCUT2D eigenvalue weighted by atomic mass is 16.4. The highest BCUT2D eigenvalue weighted by Gasteiger charge is 2.12. The molecule has 0 spiro atoms. The van der Waals surface area contributed by atoms with Gasteiger partial charge in [-0.2, -0.15) is 0 Å². The number of para-hydroxylation sites is 1. The minimum Gasteiger partial charge on any atom is -0.432 e. The van der Waals surface area contributed by atoms with Gasteiger partial charge in [0.15, 0.2) is 5.58 Å². The number of hydrogen-bond acceptors (Lipinski definition) is 3. The molecule has 0 aliphatic heterocycles. The lowest BCUT2D eigenvalue weighted by Crippen LogP contribution is -2.10. The Morgan fingerprint density at radius 2 is 2.36 bits per heavy atom. The molecule has 2 N–H and O–H groups in total. The quantitative estimate of drug-likeness (QED) is 0.779. The van der Waals surface area contributed by atoms with Crippen LogP contribution in [0.1, 0.15) is 23.2 Å². The maximum Gasteiger partial charge on any atom is 0.304 e. The number of nitrogens with two attached hydrogens (primary N) is 1. The Labute approximate surface area is 80.7 Å². The van der Waals surface area contributed by atoms with Gasteiger partial charge in [0.25, 0.3) is 5.89 Å². The van der Waals surface area contributed by atoms with E-state index >= 15 is 0 Å². The van der Waals surface area contributed by atoms with Gasteiger partial charge in [-0.05, 0) is 18.1 Å². The van der Waals surface area contributed by atoms with Crippen LogP contribution in [0.2, 0.25) is 0 Å². The molecule has 1 heterocycles. The first-order valence-electron chi connectivity index (χ1n) is 4.40. The van der Waals surface area contributed by atoms with Gasteiger partial charge in [0.2, 0.25) is 0 Å². The number of fused-ring (bicyclic) bond motifs is 1. The number of carbonyl (C=O) groups is 1. The molecule has 1 aromatic heterocycles. The van der Waals surface area contributed by atoms with Crippen LogP contribution in [0.15, 0.2) is 22.6 Å². The number of nitrogens with zero attached hydrogens (tertiary/aromatic N) is 1. The number of amides is 1. The summed E-state index contributed by atoms with van der Waals surface area (Å²) in [5.74, 6) is -0.663. The largest absolute Gasteiger partial charge is 0.432 e. The summed E-state index contributed by atoms with van der Waals surface area (Å²) in [5.41, 5.74) is 7.44. The molecule has 0 bridgehead atoms. The summed E-state index contributed by atoms with van der Waals surface area (Å²) in [5, 5.41) is 0. The van der Waals surface area contributed by atoms with Gasteiger partial charge in [-0.3, -0.25) is 4.79 Å². The van der Waals surface area contributed by atoms with Gasteiger partial charge < -0.3 is 10.2 Å². The van der Waals surface area contributed by atoms with Crippen molar-refractivity contribution in [3.8, 4) is 0 Å².